The van der Waals surface area contributed by atoms with Gasteiger partial charge < -0.3 is 134 Å². The van der Waals surface area contributed by atoms with E-state index in [1.807, 2.05) is 0 Å². The largest absolute Gasteiger partial charge is 0.394 e. The maximum atomic E-state index is 14.0. The number of rotatable bonds is 59. The molecule has 0 aromatic carbocycles. The third kappa shape index (κ3) is 37.3. The highest BCUT2D eigenvalue weighted by Crippen LogP contribution is 2.28. The number of aliphatic hydroxyl groups is 9. The highest BCUT2D eigenvalue weighted by atomic mass is 16.7. The molecule has 35 nitrogen and oxygen atoms in total. The van der Waals surface area contributed by atoms with Gasteiger partial charge in [-0.15, -0.1) is 0 Å². The molecule has 5 amide bonds. The summed E-state index contributed by atoms with van der Waals surface area (Å²) in [7, 11) is 1.65. The van der Waals surface area contributed by atoms with Gasteiger partial charge in [0, 0.05) is 111 Å². The zero-order valence-corrected chi connectivity index (χ0v) is 59.1. The minimum atomic E-state index is -1.48. The molecule has 101 heavy (non-hydrogen) atoms. The molecule has 3 aliphatic rings. The lowest BCUT2D eigenvalue weighted by atomic mass is 9.82. The molecule has 3 aliphatic heterocycles. The molecular formula is C66H117N5O30. The van der Waals surface area contributed by atoms with Crippen LogP contribution in [0.1, 0.15) is 136 Å². The van der Waals surface area contributed by atoms with Gasteiger partial charge in [0.1, 0.15) is 90.4 Å². The normalized spacial score (nSPS) is 25.8. The van der Waals surface area contributed by atoms with Crippen molar-refractivity contribution in [1.82, 2.24) is 26.6 Å². The Morgan fingerprint density at radius 3 is 1.09 bits per heavy atom. The topological polar surface area (TPSA) is 499 Å². The Morgan fingerprint density at radius 2 is 0.703 bits per heavy atom. The van der Waals surface area contributed by atoms with Crippen LogP contribution in [-0.4, -0.2) is 329 Å². The van der Waals surface area contributed by atoms with Crippen LogP contribution in [0.3, 0.4) is 0 Å². The first-order chi connectivity index (χ1) is 48.5. The van der Waals surface area contributed by atoms with Crippen LogP contribution in [0.15, 0.2) is 0 Å². The van der Waals surface area contributed by atoms with Crippen molar-refractivity contribution in [2.24, 2.45) is 0 Å². The third-order valence-electron chi connectivity index (χ3n) is 16.8. The van der Waals surface area contributed by atoms with E-state index in [9.17, 15) is 84.3 Å². The number of nitrogens with one attached hydrogen (secondary N) is 5. The monoisotopic (exact) mass is 1460 g/mol. The molecule has 0 aromatic heterocycles. The van der Waals surface area contributed by atoms with Crippen molar-refractivity contribution >= 4 is 46.9 Å². The van der Waals surface area contributed by atoms with E-state index in [0.717, 1.165) is 32.1 Å². The van der Waals surface area contributed by atoms with Gasteiger partial charge in [-0.2, -0.15) is 0 Å². The molecule has 0 bridgehead atoms. The number of methoxy groups -OCH3 is 1. The van der Waals surface area contributed by atoms with Gasteiger partial charge in [-0.1, -0.05) is 19.3 Å². The maximum Gasteiger partial charge on any atom is 0.222 e. The van der Waals surface area contributed by atoms with Crippen LogP contribution in [0.5, 0.6) is 0 Å². The van der Waals surface area contributed by atoms with E-state index in [1.54, 1.807) is 7.11 Å². The van der Waals surface area contributed by atoms with Gasteiger partial charge in [0.25, 0.3) is 0 Å². The Balaban J connectivity index is 1.61. The van der Waals surface area contributed by atoms with Crippen molar-refractivity contribution in [3.63, 3.8) is 0 Å². The fourth-order valence-corrected chi connectivity index (χ4v) is 11.4. The van der Waals surface area contributed by atoms with Gasteiger partial charge in [-0.05, 0) is 44.9 Å². The number of unbranched alkanes of at least 4 members (excludes halogenated alkanes) is 4. The summed E-state index contributed by atoms with van der Waals surface area (Å²) >= 11 is 0. The molecule has 0 saturated carbocycles. The Bertz CT molecular complexity index is 2250. The first-order valence-electron chi connectivity index (χ1n) is 35.1. The molecule has 14 N–H and O–H groups in total. The molecule has 0 spiro atoms. The Hall–Kier alpha value is -4.52. The van der Waals surface area contributed by atoms with Crippen LogP contribution in [0, 0.1) is 0 Å². The van der Waals surface area contributed by atoms with E-state index >= 15 is 0 Å². The summed E-state index contributed by atoms with van der Waals surface area (Å²) in [6.07, 6.45) is -10.4. The molecule has 15 atom stereocenters. The fraction of sp³-hybridized carbons (Fsp3) is 0.879. The molecule has 0 aliphatic carbocycles. The van der Waals surface area contributed by atoms with Crippen LogP contribution < -0.4 is 26.6 Å². The molecule has 586 valence electrons. The summed E-state index contributed by atoms with van der Waals surface area (Å²) in [6, 6.07) is -3.34. The number of carbonyl (C=O) groups is 8. The molecule has 3 fully saturated rings. The van der Waals surface area contributed by atoms with Crippen molar-refractivity contribution in [2.45, 2.75) is 234 Å². The number of aliphatic hydroxyl groups excluding tert-OH is 9. The van der Waals surface area contributed by atoms with E-state index < -0.39 is 147 Å². The van der Waals surface area contributed by atoms with Crippen molar-refractivity contribution in [2.75, 3.05) is 139 Å². The van der Waals surface area contributed by atoms with E-state index in [0.29, 0.717) is 25.9 Å². The van der Waals surface area contributed by atoms with E-state index in [2.05, 4.69) is 26.6 Å². The van der Waals surface area contributed by atoms with Crippen LogP contribution in [0.25, 0.3) is 0 Å². The van der Waals surface area contributed by atoms with Crippen LogP contribution in [0.4, 0.5) is 0 Å². The molecular weight excluding hydrogens is 1340 g/mol. The molecule has 35 heteroatoms. The standard InChI is InChI=1S/C66H117N5O30/c1-43(75)68-54-60(86)57(83)49(40-72)99-63(54)96-36-33-93-30-27-90-24-11-15-47(79)18-20-66(71-52(81)17-10-14-46(78)13-8-6-5-7-9-23-89-4,39-53(82)67-22-26-92-29-32-95-35-38-98-65-56(70-45(3)77)62(88)59(85)51(42-74)101-65)21-19-48(80)16-12-25-91-28-31-94-34-37-97-64-55(69-44(2)76)61(87)58(84)50(41-73)100-64/h49-51,54-65,72-74,83-88H,5-42H2,1-4H3,(H,67,82)(H,68,75)(H,69,76)(H,70,77)(H,71,81). The van der Waals surface area contributed by atoms with Gasteiger partial charge in [-0.3, -0.25) is 38.4 Å². The summed E-state index contributed by atoms with van der Waals surface area (Å²) in [5.74, 6) is -2.87. The molecule has 0 aromatic rings. The Labute approximate surface area is 590 Å². The molecule has 15 unspecified atom stereocenters. The first kappa shape index (κ1) is 90.7. The lowest BCUT2D eigenvalue weighted by Gasteiger charge is -2.42. The highest BCUT2D eigenvalue weighted by Gasteiger charge is 2.48. The number of carbonyl (C=O) groups excluding carboxylic acids is 8. The second-order valence-corrected chi connectivity index (χ2v) is 25.1. The lowest BCUT2D eigenvalue weighted by Crippen LogP contribution is -2.64. The lowest BCUT2D eigenvalue weighted by molar-refractivity contribution is -0.272. The van der Waals surface area contributed by atoms with E-state index in [1.165, 1.54) is 20.8 Å². The van der Waals surface area contributed by atoms with Gasteiger partial charge in [-0.25, -0.2) is 0 Å². The first-order valence-corrected chi connectivity index (χ1v) is 35.1. The number of hydrogen-bond donors (Lipinski definition) is 14. The number of ketones is 3. The second kappa shape index (κ2) is 53.3. The zero-order chi connectivity index (χ0) is 74.4. The Kier molecular flexibility index (Phi) is 47.8. The number of ether oxygens (including phenoxy) is 13. The predicted molar refractivity (Wildman–Crippen MR) is 353 cm³/mol. The van der Waals surface area contributed by atoms with Crippen molar-refractivity contribution < 1.29 is 146 Å². The van der Waals surface area contributed by atoms with Crippen LogP contribution in [0.2, 0.25) is 0 Å². The van der Waals surface area contributed by atoms with E-state index in [4.69, 9.17) is 61.6 Å². The highest BCUT2D eigenvalue weighted by molar-refractivity contribution is 5.84. The summed E-state index contributed by atoms with van der Waals surface area (Å²) in [5.41, 5.74) is -1.40. The molecule has 0 radical (unpaired) electrons. The fourth-order valence-electron chi connectivity index (χ4n) is 11.4. The van der Waals surface area contributed by atoms with Gasteiger partial charge in [0.05, 0.1) is 106 Å². The minimum absolute atomic E-state index is 0.0190. The Morgan fingerprint density at radius 1 is 0.366 bits per heavy atom. The summed E-state index contributed by atoms with van der Waals surface area (Å²) < 4.78 is 72.6. The van der Waals surface area contributed by atoms with Crippen molar-refractivity contribution in [3.05, 3.63) is 0 Å². The summed E-state index contributed by atoms with van der Waals surface area (Å²) in [4.78, 5) is 103. The summed E-state index contributed by atoms with van der Waals surface area (Å²) in [6.45, 7) is 3.69. The quantitative estimate of drug-likeness (QED) is 0.0261. The molecule has 3 saturated heterocycles. The number of hydrogen-bond acceptors (Lipinski definition) is 30. The van der Waals surface area contributed by atoms with Crippen molar-refractivity contribution in [1.29, 1.82) is 0 Å². The van der Waals surface area contributed by atoms with Gasteiger partial charge >= 0.3 is 0 Å². The van der Waals surface area contributed by atoms with E-state index in [-0.39, 0.29) is 187 Å². The van der Waals surface area contributed by atoms with Gasteiger partial charge in [0.15, 0.2) is 18.9 Å². The van der Waals surface area contributed by atoms with Crippen LogP contribution >= 0.6 is 0 Å². The SMILES string of the molecule is COCCCCCCCC(=O)CCCC(=O)NC(CCC(=O)CCCOCCOCCOC1OC(CO)C(O)C(O)C1NC(C)=O)(CCC(=O)CCCOCCOCCOC1OC(CO)C(O)C(O)C1NC(C)=O)CC(=O)NCCOCCOCCOC1OC(CO)C(O)C(O)C1NC(C)=O. The number of amides is 5. The molecule has 3 rings (SSSR count). The average molecular weight is 1460 g/mol. The van der Waals surface area contributed by atoms with Gasteiger partial charge in [0.2, 0.25) is 29.5 Å². The minimum Gasteiger partial charge on any atom is -0.394 e. The third-order valence-corrected chi connectivity index (χ3v) is 16.8. The second-order valence-electron chi connectivity index (χ2n) is 25.1. The summed E-state index contributed by atoms with van der Waals surface area (Å²) in [5, 5.41) is 104. The molecule has 3 heterocycles. The zero-order valence-electron chi connectivity index (χ0n) is 59.1. The van der Waals surface area contributed by atoms with Crippen LogP contribution in [-0.2, 0) is 99.9 Å². The maximum absolute atomic E-state index is 14.0. The predicted octanol–water partition coefficient (Wildman–Crippen LogP) is -3.69. The average Bonchev–Trinajstić information content (AvgIpc) is 0.826. The number of Topliss-reactive ketones (excluding diaryl/α,β-unsaturated/α-hetero) is 3. The van der Waals surface area contributed by atoms with Crippen molar-refractivity contribution in [3.8, 4) is 0 Å². The smallest absolute Gasteiger partial charge is 0.222 e.